The van der Waals surface area contributed by atoms with Crippen molar-refractivity contribution in [1.82, 2.24) is 9.97 Å². The highest BCUT2D eigenvalue weighted by Crippen LogP contribution is 2.31. The Morgan fingerprint density at radius 2 is 1.59 bits per heavy atom. The number of nitrogens with zero attached hydrogens (tertiary/aromatic N) is 3. The van der Waals surface area contributed by atoms with E-state index in [1.54, 1.807) is 48.8 Å². The molecule has 0 atom stereocenters. The number of rotatable bonds is 7. The molecule has 2 aromatic heterocycles. The van der Waals surface area contributed by atoms with E-state index in [0.29, 0.717) is 11.3 Å². The highest BCUT2D eigenvalue weighted by molar-refractivity contribution is 7.93. The molecule has 0 N–H and O–H groups in total. The standard InChI is InChI=1S/C26H21N3O4S/c1-33-23-10-12-24(13-11-23)34(31,32)29(26(30)22-6-4-16-28-19-22)25-7-3-2-5-21(25)9-8-20-14-17-27-18-15-20/h2-19H,1H3/b9-8+. The fourth-order valence-electron chi connectivity index (χ4n) is 3.28. The highest BCUT2D eigenvalue weighted by atomic mass is 32.2. The number of para-hydroxylation sites is 1. The molecule has 0 saturated carbocycles. The van der Waals surface area contributed by atoms with Crippen LogP contribution in [0.2, 0.25) is 0 Å². The number of amides is 1. The second-order valence-electron chi connectivity index (χ2n) is 7.16. The Bertz CT molecular complexity index is 1410. The zero-order valence-corrected chi connectivity index (χ0v) is 19.1. The first kappa shape index (κ1) is 22.9. The molecule has 0 fully saturated rings. The monoisotopic (exact) mass is 471 g/mol. The molecule has 2 aromatic carbocycles. The molecule has 0 saturated heterocycles. The average Bonchev–Trinajstić information content (AvgIpc) is 2.89. The first-order chi connectivity index (χ1) is 16.5. The summed E-state index contributed by atoms with van der Waals surface area (Å²) in [5.74, 6) is -0.210. The van der Waals surface area contributed by atoms with E-state index in [2.05, 4.69) is 9.97 Å². The SMILES string of the molecule is COc1ccc(S(=O)(=O)N(C(=O)c2cccnc2)c2ccccc2/C=C/c2ccncc2)cc1. The van der Waals surface area contributed by atoms with E-state index in [1.165, 1.54) is 49.8 Å². The normalized spacial score (nSPS) is 11.3. The van der Waals surface area contributed by atoms with Gasteiger partial charge in [-0.05, 0) is 65.7 Å². The van der Waals surface area contributed by atoms with E-state index in [9.17, 15) is 13.2 Å². The number of hydrogen-bond donors (Lipinski definition) is 0. The molecule has 0 aliphatic heterocycles. The van der Waals surface area contributed by atoms with Gasteiger partial charge in [-0.25, -0.2) is 8.42 Å². The van der Waals surface area contributed by atoms with Crippen LogP contribution < -0.4 is 9.04 Å². The molecular weight excluding hydrogens is 450 g/mol. The van der Waals surface area contributed by atoms with Crippen LogP contribution in [0.1, 0.15) is 21.5 Å². The quantitative estimate of drug-likeness (QED) is 0.388. The van der Waals surface area contributed by atoms with Gasteiger partial charge in [0.1, 0.15) is 5.75 Å². The van der Waals surface area contributed by atoms with Crippen LogP contribution in [0.5, 0.6) is 5.75 Å². The summed E-state index contributed by atoms with van der Waals surface area (Å²) in [6.45, 7) is 0. The number of hydrogen-bond acceptors (Lipinski definition) is 6. The van der Waals surface area contributed by atoms with Crippen molar-refractivity contribution in [3.63, 3.8) is 0 Å². The molecule has 8 heteroatoms. The van der Waals surface area contributed by atoms with Gasteiger partial charge in [0.2, 0.25) is 0 Å². The summed E-state index contributed by atoms with van der Waals surface area (Å²) in [4.78, 5) is 21.5. The maximum absolute atomic E-state index is 13.8. The van der Waals surface area contributed by atoms with Crippen molar-refractivity contribution >= 4 is 33.8 Å². The number of aromatic nitrogens is 2. The third-order valence-corrected chi connectivity index (χ3v) is 6.72. The topological polar surface area (TPSA) is 89.5 Å². The van der Waals surface area contributed by atoms with Crippen molar-refractivity contribution in [3.05, 3.63) is 114 Å². The molecule has 4 aromatic rings. The number of methoxy groups -OCH3 is 1. The minimum atomic E-state index is -4.28. The zero-order chi connectivity index (χ0) is 24.0. The molecule has 34 heavy (non-hydrogen) atoms. The summed E-state index contributed by atoms with van der Waals surface area (Å²) in [6.07, 6.45) is 9.78. The molecule has 0 unspecified atom stereocenters. The molecular formula is C26H21N3O4S. The van der Waals surface area contributed by atoms with Crippen molar-refractivity contribution in [3.8, 4) is 5.75 Å². The predicted molar refractivity (Wildman–Crippen MR) is 131 cm³/mol. The lowest BCUT2D eigenvalue weighted by Crippen LogP contribution is -2.37. The lowest BCUT2D eigenvalue weighted by molar-refractivity contribution is 0.100. The van der Waals surface area contributed by atoms with Gasteiger partial charge in [0.25, 0.3) is 15.9 Å². The Morgan fingerprint density at radius 3 is 2.26 bits per heavy atom. The number of carbonyl (C=O) groups is 1. The lowest BCUT2D eigenvalue weighted by atomic mass is 10.1. The Kier molecular flexibility index (Phi) is 6.79. The summed E-state index contributed by atoms with van der Waals surface area (Å²) in [7, 11) is -2.78. The summed E-state index contributed by atoms with van der Waals surface area (Å²) < 4.78 is 33.5. The van der Waals surface area contributed by atoms with Gasteiger partial charge in [-0.3, -0.25) is 14.8 Å². The predicted octanol–water partition coefficient (Wildman–Crippen LogP) is 4.69. The average molecular weight is 472 g/mol. The van der Waals surface area contributed by atoms with E-state index < -0.39 is 15.9 Å². The summed E-state index contributed by atoms with van der Waals surface area (Å²) in [5, 5.41) is 0. The van der Waals surface area contributed by atoms with Crippen LogP contribution in [0.25, 0.3) is 12.2 Å². The number of sulfonamides is 1. The number of ether oxygens (including phenoxy) is 1. The van der Waals surface area contributed by atoms with E-state index in [0.717, 1.165) is 9.87 Å². The largest absolute Gasteiger partial charge is 0.497 e. The molecule has 0 aliphatic rings. The summed E-state index contributed by atoms with van der Waals surface area (Å²) in [6, 6.07) is 19.5. The summed E-state index contributed by atoms with van der Waals surface area (Å²) >= 11 is 0. The van der Waals surface area contributed by atoms with Gasteiger partial charge in [0.05, 0.1) is 23.3 Å². The van der Waals surface area contributed by atoms with Crippen LogP contribution in [0.15, 0.2) is 102 Å². The molecule has 0 radical (unpaired) electrons. The van der Waals surface area contributed by atoms with Crippen molar-refractivity contribution in [2.45, 2.75) is 4.90 Å². The van der Waals surface area contributed by atoms with Gasteiger partial charge in [0.15, 0.2) is 0 Å². The van der Waals surface area contributed by atoms with E-state index >= 15 is 0 Å². The van der Waals surface area contributed by atoms with Crippen molar-refractivity contribution in [2.24, 2.45) is 0 Å². The van der Waals surface area contributed by atoms with Crippen molar-refractivity contribution < 1.29 is 17.9 Å². The van der Waals surface area contributed by atoms with E-state index in [4.69, 9.17) is 4.74 Å². The van der Waals surface area contributed by atoms with E-state index in [1.807, 2.05) is 18.2 Å². The molecule has 2 heterocycles. The third-order valence-electron chi connectivity index (χ3n) is 5.01. The minimum absolute atomic E-state index is 0.0431. The minimum Gasteiger partial charge on any atom is -0.497 e. The van der Waals surface area contributed by atoms with Gasteiger partial charge >= 0.3 is 0 Å². The summed E-state index contributed by atoms with van der Waals surface area (Å²) in [5.41, 5.74) is 1.80. The van der Waals surface area contributed by atoms with E-state index in [-0.39, 0.29) is 16.1 Å². The Labute approximate surface area is 198 Å². The molecule has 1 amide bonds. The smallest absolute Gasteiger partial charge is 0.273 e. The Morgan fingerprint density at radius 1 is 0.853 bits per heavy atom. The van der Waals surface area contributed by atoms with Gasteiger partial charge in [-0.1, -0.05) is 30.4 Å². The van der Waals surface area contributed by atoms with Gasteiger partial charge in [0, 0.05) is 24.8 Å². The fourth-order valence-corrected chi connectivity index (χ4v) is 4.72. The number of carbonyl (C=O) groups excluding carboxylic acids is 1. The lowest BCUT2D eigenvalue weighted by Gasteiger charge is -2.24. The molecule has 0 spiro atoms. The molecule has 7 nitrogen and oxygen atoms in total. The van der Waals surface area contributed by atoms with Gasteiger partial charge in [-0.2, -0.15) is 4.31 Å². The Balaban J connectivity index is 1.86. The molecule has 170 valence electrons. The molecule has 0 bridgehead atoms. The van der Waals surface area contributed by atoms with Gasteiger partial charge in [-0.15, -0.1) is 0 Å². The number of benzene rings is 2. The maximum atomic E-state index is 13.8. The first-order valence-corrected chi connectivity index (χ1v) is 11.8. The van der Waals surface area contributed by atoms with Crippen LogP contribution >= 0.6 is 0 Å². The van der Waals surface area contributed by atoms with Crippen LogP contribution in [-0.4, -0.2) is 31.4 Å². The molecule has 0 aliphatic carbocycles. The van der Waals surface area contributed by atoms with Crippen LogP contribution in [0.4, 0.5) is 5.69 Å². The zero-order valence-electron chi connectivity index (χ0n) is 18.3. The second-order valence-corrected chi connectivity index (χ2v) is 8.95. The molecule has 4 rings (SSSR count). The van der Waals surface area contributed by atoms with Crippen LogP contribution in [-0.2, 0) is 10.0 Å². The van der Waals surface area contributed by atoms with Crippen molar-refractivity contribution in [2.75, 3.05) is 11.4 Å². The first-order valence-electron chi connectivity index (χ1n) is 10.3. The maximum Gasteiger partial charge on any atom is 0.273 e. The van der Waals surface area contributed by atoms with Gasteiger partial charge < -0.3 is 4.74 Å². The second kappa shape index (κ2) is 10.1. The van der Waals surface area contributed by atoms with Crippen LogP contribution in [0.3, 0.4) is 0 Å². The van der Waals surface area contributed by atoms with Crippen molar-refractivity contribution in [1.29, 1.82) is 0 Å². The highest BCUT2D eigenvalue weighted by Gasteiger charge is 2.33. The fraction of sp³-hybridized carbons (Fsp3) is 0.0385. The number of pyridine rings is 2. The Hall–Kier alpha value is -4.30. The van der Waals surface area contributed by atoms with Crippen LogP contribution in [0, 0.1) is 0 Å². The third kappa shape index (κ3) is 4.87. The number of anilines is 1.